The van der Waals surface area contributed by atoms with E-state index >= 15 is 0 Å². The van der Waals surface area contributed by atoms with Crippen molar-refractivity contribution in [3.05, 3.63) is 0 Å². The summed E-state index contributed by atoms with van der Waals surface area (Å²) in [6.45, 7) is 3.95. The lowest BCUT2D eigenvalue weighted by Crippen LogP contribution is -2.47. The van der Waals surface area contributed by atoms with Crippen LogP contribution in [0.2, 0.25) is 0 Å². The number of carbonyl (C=O) groups is 1. The third-order valence-electron chi connectivity index (χ3n) is 2.80. The van der Waals surface area contributed by atoms with E-state index in [1.807, 2.05) is 6.92 Å². The molecule has 1 saturated carbocycles. The van der Waals surface area contributed by atoms with E-state index in [0.717, 1.165) is 5.92 Å². The second-order valence-electron chi connectivity index (χ2n) is 3.77. The van der Waals surface area contributed by atoms with Gasteiger partial charge in [-0.25, -0.2) is 0 Å². The van der Waals surface area contributed by atoms with Gasteiger partial charge in [0, 0.05) is 6.04 Å². The van der Waals surface area contributed by atoms with Gasteiger partial charge in [0.2, 0.25) is 5.91 Å². The molecule has 1 rings (SSSR count). The van der Waals surface area contributed by atoms with Crippen molar-refractivity contribution in [2.75, 3.05) is 0 Å². The highest BCUT2D eigenvalue weighted by Crippen LogP contribution is 2.29. The molecule has 1 aliphatic carbocycles. The summed E-state index contributed by atoms with van der Waals surface area (Å²) in [6.07, 6.45) is 3.92. The maximum absolute atomic E-state index is 10.7. The summed E-state index contributed by atoms with van der Waals surface area (Å²) in [5.74, 6) is 0.493. The minimum Gasteiger partial charge on any atom is -0.368 e. The largest absolute Gasteiger partial charge is 0.368 e. The Morgan fingerprint density at radius 3 is 2.42 bits per heavy atom. The first kappa shape index (κ1) is 9.52. The Morgan fingerprint density at radius 2 is 2.08 bits per heavy atom. The van der Waals surface area contributed by atoms with E-state index in [2.05, 4.69) is 12.2 Å². The Morgan fingerprint density at radius 1 is 1.50 bits per heavy atom. The Labute approximate surface area is 73.7 Å². The van der Waals surface area contributed by atoms with Crippen LogP contribution in [0.1, 0.15) is 33.1 Å². The van der Waals surface area contributed by atoms with E-state index in [9.17, 15) is 4.79 Å². The van der Waals surface area contributed by atoms with Crippen LogP contribution in [0.15, 0.2) is 0 Å². The standard InChI is InChI=1S/C9H18N2O/c1-6(8-4-3-5-8)11-7(2)9(10)12/h6-8,11H,3-5H2,1-2H3,(H2,10,12). The fourth-order valence-electron chi connectivity index (χ4n) is 1.55. The van der Waals surface area contributed by atoms with E-state index in [4.69, 9.17) is 5.73 Å². The van der Waals surface area contributed by atoms with E-state index < -0.39 is 0 Å². The molecule has 1 fully saturated rings. The summed E-state index contributed by atoms with van der Waals surface area (Å²) in [6, 6.07) is 0.238. The third kappa shape index (κ3) is 2.21. The zero-order valence-electron chi connectivity index (χ0n) is 7.84. The third-order valence-corrected chi connectivity index (χ3v) is 2.80. The van der Waals surface area contributed by atoms with Crippen LogP contribution in [0, 0.1) is 5.92 Å². The molecule has 0 bridgehead atoms. The molecule has 0 aromatic rings. The fraction of sp³-hybridized carbons (Fsp3) is 0.889. The Hall–Kier alpha value is -0.570. The van der Waals surface area contributed by atoms with Gasteiger partial charge in [0.1, 0.15) is 0 Å². The number of rotatable bonds is 4. The lowest BCUT2D eigenvalue weighted by atomic mass is 9.80. The van der Waals surface area contributed by atoms with E-state index in [1.165, 1.54) is 19.3 Å². The van der Waals surface area contributed by atoms with Crippen molar-refractivity contribution in [3.8, 4) is 0 Å². The van der Waals surface area contributed by atoms with Crippen molar-refractivity contribution in [3.63, 3.8) is 0 Å². The first-order valence-electron chi connectivity index (χ1n) is 4.66. The highest BCUT2D eigenvalue weighted by atomic mass is 16.1. The number of hydrogen-bond acceptors (Lipinski definition) is 2. The minimum atomic E-state index is -0.263. The summed E-state index contributed by atoms with van der Waals surface area (Å²) in [4.78, 5) is 10.7. The SMILES string of the molecule is CC(NC(C)C1CCC1)C(N)=O. The normalized spacial score (nSPS) is 22.8. The molecular formula is C9H18N2O. The van der Waals surface area contributed by atoms with Crippen LogP contribution in [0.5, 0.6) is 0 Å². The number of nitrogens with two attached hydrogens (primary N) is 1. The summed E-state index contributed by atoms with van der Waals surface area (Å²) in [5.41, 5.74) is 5.14. The molecule has 0 heterocycles. The van der Waals surface area contributed by atoms with Gasteiger partial charge in [-0.15, -0.1) is 0 Å². The lowest BCUT2D eigenvalue weighted by molar-refractivity contribution is -0.119. The van der Waals surface area contributed by atoms with Gasteiger partial charge >= 0.3 is 0 Å². The van der Waals surface area contributed by atoms with Gasteiger partial charge < -0.3 is 11.1 Å². The molecule has 12 heavy (non-hydrogen) atoms. The number of primary amides is 1. The lowest BCUT2D eigenvalue weighted by Gasteiger charge is -2.33. The predicted molar refractivity (Wildman–Crippen MR) is 48.6 cm³/mol. The van der Waals surface area contributed by atoms with Crippen molar-refractivity contribution >= 4 is 5.91 Å². The number of hydrogen-bond donors (Lipinski definition) is 2. The summed E-state index contributed by atoms with van der Waals surface area (Å²) in [5, 5.41) is 3.21. The zero-order chi connectivity index (χ0) is 9.14. The first-order chi connectivity index (χ1) is 5.61. The van der Waals surface area contributed by atoms with Crippen molar-refractivity contribution in [1.29, 1.82) is 0 Å². The molecule has 1 amide bonds. The van der Waals surface area contributed by atoms with E-state index in [0.29, 0.717) is 6.04 Å². The molecule has 0 radical (unpaired) electrons. The first-order valence-corrected chi connectivity index (χ1v) is 4.66. The second kappa shape index (κ2) is 3.90. The van der Waals surface area contributed by atoms with Crippen LogP contribution in [0.25, 0.3) is 0 Å². The van der Waals surface area contributed by atoms with Gasteiger partial charge in [0.05, 0.1) is 6.04 Å². The summed E-state index contributed by atoms with van der Waals surface area (Å²) in [7, 11) is 0. The van der Waals surface area contributed by atoms with Crippen molar-refractivity contribution in [2.24, 2.45) is 11.7 Å². The molecule has 0 aliphatic heterocycles. The highest BCUT2D eigenvalue weighted by Gasteiger charge is 2.25. The average molecular weight is 170 g/mol. The molecule has 2 unspecified atom stereocenters. The average Bonchev–Trinajstić information content (AvgIpc) is 1.82. The Kier molecular flexibility index (Phi) is 3.09. The maximum atomic E-state index is 10.7. The van der Waals surface area contributed by atoms with E-state index in [-0.39, 0.29) is 11.9 Å². The van der Waals surface area contributed by atoms with Crippen LogP contribution >= 0.6 is 0 Å². The molecule has 70 valence electrons. The van der Waals surface area contributed by atoms with Crippen molar-refractivity contribution in [2.45, 2.75) is 45.2 Å². The van der Waals surface area contributed by atoms with Crippen LogP contribution in [0.4, 0.5) is 0 Å². The monoisotopic (exact) mass is 170 g/mol. The fourth-order valence-corrected chi connectivity index (χ4v) is 1.55. The second-order valence-corrected chi connectivity index (χ2v) is 3.77. The highest BCUT2D eigenvalue weighted by molar-refractivity contribution is 5.79. The van der Waals surface area contributed by atoms with Gasteiger partial charge in [0.15, 0.2) is 0 Å². The van der Waals surface area contributed by atoms with Crippen LogP contribution < -0.4 is 11.1 Å². The molecule has 3 heteroatoms. The molecule has 2 atom stereocenters. The van der Waals surface area contributed by atoms with Gasteiger partial charge in [-0.3, -0.25) is 4.79 Å². The number of amides is 1. The molecule has 0 spiro atoms. The smallest absolute Gasteiger partial charge is 0.234 e. The molecular weight excluding hydrogens is 152 g/mol. The molecule has 1 aliphatic rings. The molecule has 3 nitrogen and oxygen atoms in total. The summed E-state index contributed by atoms with van der Waals surface area (Å²) < 4.78 is 0. The topological polar surface area (TPSA) is 55.1 Å². The molecule has 3 N–H and O–H groups in total. The van der Waals surface area contributed by atoms with Gasteiger partial charge in [-0.1, -0.05) is 6.42 Å². The van der Waals surface area contributed by atoms with Gasteiger partial charge in [-0.2, -0.15) is 0 Å². The Bertz CT molecular complexity index is 166. The van der Waals surface area contributed by atoms with E-state index in [1.54, 1.807) is 0 Å². The van der Waals surface area contributed by atoms with Crippen LogP contribution in [-0.4, -0.2) is 18.0 Å². The quantitative estimate of drug-likeness (QED) is 0.650. The molecule has 0 saturated heterocycles. The minimum absolute atomic E-state index is 0.194. The van der Waals surface area contributed by atoms with Crippen molar-refractivity contribution in [1.82, 2.24) is 5.32 Å². The number of carbonyl (C=O) groups excluding carboxylic acids is 1. The summed E-state index contributed by atoms with van der Waals surface area (Å²) >= 11 is 0. The van der Waals surface area contributed by atoms with Crippen LogP contribution in [-0.2, 0) is 4.79 Å². The van der Waals surface area contributed by atoms with Crippen molar-refractivity contribution < 1.29 is 4.79 Å². The Balaban J connectivity index is 2.24. The number of nitrogens with one attached hydrogen (secondary N) is 1. The molecule has 0 aromatic carbocycles. The van der Waals surface area contributed by atoms with Gasteiger partial charge in [0.25, 0.3) is 0 Å². The van der Waals surface area contributed by atoms with Crippen LogP contribution in [0.3, 0.4) is 0 Å². The van der Waals surface area contributed by atoms with Gasteiger partial charge in [-0.05, 0) is 32.6 Å². The maximum Gasteiger partial charge on any atom is 0.234 e. The molecule has 0 aromatic heterocycles. The zero-order valence-corrected chi connectivity index (χ0v) is 7.84. The predicted octanol–water partition coefficient (Wildman–Crippen LogP) is 0.638.